The van der Waals surface area contributed by atoms with Gasteiger partial charge in [0.2, 0.25) is 0 Å². The van der Waals surface area contributed by atoms with Gasteiger partial charge in [0.25, 0.3) is 5.91 Å². The van der Waals surface area contributed by atoms with Gasteiger partial charge in [-0.1, -0.05) is 41.9 Å². The van der Waals surface area contributed by atoms with Crippen molar-refractivity contribution in [3.63, 3.8) is 0 Å². The van der Waals surface area contributed by atoms with Crippen LogP contribution in [0.15, 0.2) is 24.3 Å². The third kappa shape index (κ3) is 4.04. The highest BCUT2D eigenvalue weighted by Crippen LogP contribution is 2.16. The molecular weight excluding hydrogens is 282 g/mol. The predicted octanol–water partition coefficient (Wildman–Crippen LogP) is 2.93. The minimum absolute atomic E-state index is 0.0198. The standard InChI is InChI=1S/C13H18BrNO2/c1-9(2)11(7-8-14)15-13(17)10-5-3-4-6-12(10)16/h3-6,9,11,16H,7-8H2,1-2H3,(H,15,17). The second-order valence-corrected chi connectivity index (χ2v) is 5.11. The van der Waals surface area contributed by atoms with E-state index in [1.54, 1.807) is 18.2 Å². The zero-order valence-electron chi connectivity index (χ0n) is 10.1. The van der Waals surface area contributed by atoms with Crippen molar-refractivity contribution in [2.45, 2.75) is 26.3 Å². The molecule has 0 fully saturated rings. The zero-order chi connectivity index (χ0) is 12.8. The van der Waals surface area contributed by atoms with Crippen LogP contribution in [0, 0.1) is 5.92 Å². The molecule has 0 aliphatic rings. The van der Waals surface area contributed by atoms with Crippen LogP contribution < -0.4 is 5.32 Å². The van der Waals surface area contributed by atoms with Crippen LogP contribution in [0.4, 0.5) is 0 Å². The van der Waals surface area contributed by atoms with E-state index in [1.807, 2.05) is 0 Å². The highest BCUT2D eigenvalue weighted by molar-refractivity contribution is 9.09. The maximum Gasteiger partial charge on any atom is 0.255 e. The van der Waals surface area contributed by atoms with Crippen molar-refractivity contribution in [1.82, 2.24) is 5.32 Å². The molecule has 0 saturated heterocycles. The van der Waals surface area contributed by atoms with E-state index >= 15 is 0 Å². The van der Waals surface area contributed by atoms with Gasteiger partial charge in [-0.15, -0.1) is 0 Å². The summed E-state index contributed by atoms with van der Waals surface area (Å²) in [5.41, 5.74) is 0.327. The first-order valence-electron chi connectivity index (χ1n) is 5.71. The van der Waals surface area contributed by atoms with E-state index in [2.05, 4.69) is 35.1 Å². The maximum absolute atomic E-state index is 12.0. The van der Waals surface area contributed by atoms with Crippen molar-refractivity contribution in [2.75, 3.05) is 5.33 Å². The Morgan fingerprint density at radius 2 is 2.06 bits per heavy atom. The molecule has 0 spiro atoms. The van der Waals surface area contributed by atoms with Crippen LogP contribution in [0.5, 0.6) is 5.75 Å². The van der Waals surface area contributed by atoms with Crippen LogP contribution in [0.2, 0.25) is 0 Å². The van der Waals surface area contributed by atoms with Crippen LogP contribution in [0.1, 0.15) is 30.6 Å². The molecule has 1 rings (SSSR count). The fourth-order valence-corrected chi connectivity index (χ4v) is 2.09. The highest BCUT2D eigenvalue weighted by atomic mass is 79.9. The summed E-state index contributed by atoms with van der Waals surface area (Å²) in [6, 6.07) is 6.69. The number of alkyl halides is 1. The zero-order valence-corrected chi connectivity index (χ0v) is 11.7. The summed E-state index contributed by atoms with van der Waals surface area (Å²) < 4.78 is 0. The molecule has 1 unspecified atom stereocenters. The number of carbonyl (C=O) groups is 1. The Kier molecular flexibility index (Phi) is 5.48. The summed E-state index contributed by atoms with van der Waals surface area (Å²) >= 11 is 3.38. The minimum Gasteiger partial charge on any atom is -0.507 e. The fraction of sp³-hybridized carbons (Fsp3) is 0.462. The van der Waals surface area contributed by atoms with Gasteiger partial charge in [0.05, 0.1) is 5.56 Å². The Bertz CT molecular complexity index is 379. The van der Waals surface area contributed by atoms with E-state index in [0.29, 0.717) is 11.5 Å². The quantitative estimate of drug-likeness (QED) is 0.821. The summed E-state index contributed by atoms with van der Waals surface area (Å²) in [6.45, 7) is 4.14. The van der Waals surface area contributed by atoms with Gasteiger partial charge in [-0.3, -0.25) is 4.79 Å². The molecule has 1 aromatic carbocycles. The van der Waals surface area contributed by atoms with Crippen molar-refractivity contribution < 1.29 is 9.90 Å². The predicted molar refractivity (Wildman–Crippen MR) is 72.6 cm³/mol. The SMILES string of the molecule is CC(C)C(CCBr)NC(=O)c1ccccc1O. The molecule has 17 heavy (non-hydrogen) atoms. The van der Waals surface area contributed by atoms with Crippen LogP contribution in [-0.4, -0.2) is 22.4 Å². The first kappa shape index (κ1) is 14.0. The fourth-order valence-electron chi connectivity index (χ4n) is 1.60. The molecule has 4 heteroatoms. The van der Waals surface area contributed by atoms with Crippen LogP contribution in [-0.2, 0) is 0 Å². The van der Waals surface area contributed by atoms with E-state index in [4.69, 9.17) is 0 Å². The van der Waals surface area contributed by atoms with Gasteiger partial charge < -0.3 is 10.4 Å². The van der Waals surface area contributed by atoms with Crippen molar-refractivity contribution in [2.24, 2.45) is 5.92 Å². The average molecular weight is 300 g/mol. The number of amides is 1. The average Bonchev–Trinajstić information content (AvgIpc) is 2.28. The number of para-hydroxylation sites is 1. The normalized spacial score (nSPS) is 12.5. The third-order valence-electron chi connectivity index (χ3n) is 2.69. The first-order valence-corrected chi connectivity index (χ1v) is 6.83. The number of hydrogen-bond acceptors (Lipinski definition) is 2. The summed E-state index contributed by atoms with van der Waals surface area (Å²) in [5.74, 6) is 0.163. The molecule has 0 aromatic heterocycles. The number of carbonyl (C=O) groups excluding carboxylic acids is 1. The van der Waals surface area contributed by atoms with E-state index in [9.17, 15) is 9.90 Å². The molecule has 3 nitrogen and oxygen atoms in total. The van der Waals surface area contributed by atoms with Crippen molar-refractivity contribution >= 4 is 21.8 Å². The number of phenols is 1. The van der Waals surface area contributed by atoms with E-state index < -0.39 is 0 Å². The molecule has 0 saturated carbocycles. The molecular formula is C13H18BrNO2. The number of rotatable bonds is 5. The van der Waals surface area contributed by atoms with Gasteiger partial charge in [0, 0.05) is 11.4 Å². The van der Waals surface area contributed by atoms with Gasteiger partial charge in [-0.2, -0.15) is 0 Å². The van der Waals surface area contributed by atoms with Gasteiger partial charge in [-0.25, -0.2) is 0 Å². The first-order chi connectivity index (χ1) is 8.06. The van der Waals surface area contributed by atoms with E-state index in [-0.39, 0.29) is 17.7 Å². The molecule has 0 aliphatic carbocycles. The number of hydrogen-bond donors (Lipinski definition) is 2. The summed E-state index contributed by atoms with van der Waals surface area (Å²) in [5, 5.41) is 13.4. The second-order valence-electron chi connectivity index (χ2n) is 4.32. The Morgan fingerprint density at radius 3 is 2.59 bits per heavy atom. The Morgan fingerprint density at radius 1 is 1.41 bits per heavy atom. The number of halogens is 1. The smallest absolute Gasteiger partial charge is 0.255 e. The molecule has 0 heterocycles. The lowest BCUT2D eigenvalue weighted by molar-refractivity contribution is 0.0922. The molecule has 0 radical (unpaired) electrons. The topological polar surface area (TPSA) is 49.3 Å². The monoisotopic (exact) mass is 299 g/mol. The maximum atomic E-state index is 12.0. The molecule has 1 aromatic rings. The van der Waals surface area contributed by atoms with E-state index in [0.717, 1.165) is 11.8 Å². The lowest BCUT2D eigenvalue weighted by Gasteiger charge is -2.21. The Balaban J connectivity index is 2.74. The highest BCUT2D eigenvalue weighted by Gasteiger charge is 2.18. The van der Waals surface area contributed by atoms with Crippen LogP contribution >= 0.6 is 15.9 Å². The number of nitrogens with one attached hydrogen (secondary N) is 1. The van der Waals surface area contributed by atoms with Crippen molar-refractivity contribution in [3.8, 4) is 5.75 Å². The summed E-state index contributed by atoms with van der Waals surface area (Å²) in [6.07, 6.45) is 0.872. The van der Waals surface area contributed by atoms with Crippen molar-refractivity contribution in [3.05, 3.63) is 29.8 Å². The lowest BCUT2D eigenvalue weighted by Crippen LogP contribution is -2.38. The molecule has 1 amide bonds. The summed E-state index contributed by atoms with van der Waals surface area (Å²) in [7, 11) is 0. The molecule has 1 atom stereocenters. The minimum atomic E-state index is -0.220. The summed E-state index contributed by atoms with van der Waals surface area (Å²) in [4.78, 5) is 12.0. The van der Waals surface area contributed by atoms with E-state index in [1.165, 1.54) is 6.07 Å². The molecule has 0 bridgehead atoms. The Labute approximate surface area is 110 Å². The lowest BCUT2D eigenvalue weighted by atomic mass is 10.0. The van der Waals surface area contributed by atoms with Gasteiger partial charge >= 0.3 is 0 Å². The van der Waals surface area contributed by atoms with Crippen molar-refractivity contribution in [1.29, 1.82) is 0 Å². The van der Waals surface area contributed by atoms with Crippen LogP contribution in [0.3, 0.4) is 0 Å². The van der Waals surface area contributed by atoms with Gasteiger partial charge in [0.1, 0.15) is 5.75 Å². The third-order valence-corrected chi connectivity index (χ3v) is 3.15. The Hall–Kier alpha value is -1.03. The molecule has 94 valence electrons. The number of aromatic hydroxyl groups is 1. The second kappa shape index (κ2) is 6.64. The van der Waals surface area contributed by atoms with Crippen LogP contribution in [0.25, 0.3) is 0 Å². The van der Waals surface area contributed by atoms with Gasteiger partial charge in [-0.05, 0) is 24.5 Å². The molecule has 0 aliphatic heterocycles. The van der Waals surface area contributed by atoms with Gasteiger partial charge in [0.15, 0.2) is 0 Å². The number of phenolic OH excluding ortho intramolecular Hbond substituents is 1. The molecule has 2 N–H and O–H groups in total. The number of benzene rings is 1. The largest absolute Gasteiger partial charge is 0.507 e.